The second-order valence-electron chi connectivity index (χ2n) is 4.59. The molecule has 1 saturated carbocycles. The van der Waals surface area contributed by atoms with Crippen molar-refractivity contribution < 1.29 is 4.39 Å². The maximum absolute atomic E-state index is 13.6. The van der Waals surface area contributed by atoms with E-state index in [1.165, 1.54) is 25.3 Å². The van der Waals surface area contributed by atoms with Gasteiger partial charge in [0.05, 0.1) is 0 Å². The van der Waals surface area contributed by atoms with E-state index in [2.05, 4.69) is 21.2 Å². The zero-order valence-corrected chi connectivity index (χ0v) is 11.1. The lowest BCUT2D eigenvalue weighted by atomic mass is 9.85. The van der Waals surface area contributed by atoms with Gasteiger partial charge in [0.15, 0.2) is 0 Å². The third kappa shape index (κ3) is 2.83. The summed E-state index contributed by atoms with van der Waals surface area (Å²) >= 11 is 3.38. The van der Waals surface area contributed by atoms with Crippen LogP contribution in [0.4, 0.5) is 4.39 Å². The average Bonchev–Trinajstić information content (AvgIpc) is 2.19. The summed E-state index contributed by atoms with van der Waals surface area (Å²) in [5.74, 6) is 0.675. The Morgan fingerprint density at radius 1 is 1.50 bits per heavy atom. The Labute approximate surface area is 105 Å². The number of rotatable bonds is 4. The second kappa shape index (κ2) is 5.28. The number of nitrogens with one attached hydrogen (secondary N) is 1. The van der Waals surface area contributed by atoms with Crippen LogP contribution in [0, 0.1) is 11.7 Å². The Kier molecular flexibility index (Phi) is 3.98. The van der Waals surface area contributed by atoms with Gasteiger partial charge in [0, 0.05) is 16.1 Å². The van der Waals surface area contributed by atoms with Gasteiger partial charge < -0.3 is 5.32 Å². The lowest BCUT2D eigenvalue weighted by Gasteiger charge is -2.27. The summed E-state index contributed by atoms with van der Waals surface area (Å²) in [6, 6.07) is 5.18. The van der Waals surface area contributed by atoms with Crippen LogP contribution < -0.4 is 5.32 Å². The molecular weight excluding hydrogens is 269 g/mol. The highest BCUT2D eigenvalue weighted by Gasteiger charge is 2.19. The summed E-state index contributed by atoms with van der Waals surface area (Å²) in [4.78, 5) is 0. The minimum Gasteiger partial charge on any atom is -0.310 e. The molecule has 2 rings (SSSR count). The quantitative estimate of drug-likeness (QED) is 0.881. The van der Waals surface area contributed by atoms with Crippen LogP contribution in [0.2, 0.25) is 0 Å². The molecule has 0 spiro atoms. The summed E-state index contributed by atoms with van der Waals surface area (Å²) in [7, 11) is 0. The van der Waals surface area contributed by atoms with Crippen LogP contribution in [-0.4, -0.2) is 6.54 Å². The van der Waals surface area contributed by atoms with Crippen LogP contribution in [0.25, 0.3) is 0 Å². The van der Waals surface area contributed by atoms with Crippen molar-refractivity contribution in [2.24, 2.45) is 5.92 Å². The average molecular weight is 286 g/mol. The van der Waals surface area contributed by atoms with Crippen molar-refractivity contribution in [3.05, 3.63) is 34.1 Å². The van der Waals surface area contributed by atoms with Gasteiger partial charge in [-0.05, 0) is 50.4 Å². The molecule has 1 aromatic carbocycles. The Balaban J connectivity index is 1.95. The highest BCUT2D eigenvalue weighted by Crippen LogP contribution is 2.27. The van der Waals surface area contributed by atoms with Crippen molar-refractivity contribution in [1.29, 1.82) is 0 Å². The predicted octanol–water partition coefficient (Wildman–Crippen LogP) is 4.04. The van der Waals surface area contributed by atoms with Crippen molar-refractivity contribution in [1.82, 2.24) is 5.32 Å². The fourth-order valence-electron chi connectivity index (χ4n) is 2.00. The van der Waals surface area contributed by atoms with Crippen molar-refractivity contribution in [3.63, 3.8) is 0 Å². The molecule has 88 valence electrons. The molecule has 1 fully saturated rings. The van der Waals surface area contributed by atoms with E-state index in [1.54, 1.807) is 6.07 Å². The molecule has 1 aliphatic rings. The monoisotopic (exact) mass is 285 g/mol. The van der Waals surface area contributed by atoms with Crippen molar-refractivity contribution in [3.8, 4) is 0 Å². The molecule has 1 atom stereocenters. The molecule has 0 aliphatic heterocycles. The van der Waals surface area contributed by atoms with Crippen molar-refractivity contribution >= 4 is 15.9 Å². The molecule has 1 aliphatic carbocycles. The number of halogens is 2. The topological polar surface area (TPSA) is 12.0 Å². The van der Waals surface area contributed by atoms with Crippen molar-refractivity contribution in [2.45, 2.75) is 32.2 Å². The largest absolute Gasteiger partial charge is 0.310 e. The molecule has 3 heteroatoms. The zero-order valence-electron chi connectivity index (χ0n) is 9.47. The van der Waals surface area contributed by atoms with E-state index in [-0.39, 0.29) is 11.9 Å². The molecule has 16 heavy (non-hydrogen) atoms. The molecule has 1 aromatic rings. The van der Waals surface area contributed by atoms with Crippen LogP contribution >= 0.6 is 15.9 Å². The molecule has 1 nitrogen and oxygen atoms in total. The smallest absolute Gasteiger partial charge is 0.128 e. The lowest BCUT2D eigenvalue weighted by molar-refractivity contribution is 0.291. The maximum atomic E-state index is 13.6. The first-order valence-electron chi connectivity index (χ1n) is 5.85. The maximum Gasteiger partial charge on any atom is 0.128 e. The molecule has 1 unspecified atom stereocenters. The fourth-order valence-corrected chi connectivity index (χ4v) is 2.38. The van der Waals surface area contributed by atoms with Gasteiger partial charge in [0.2, 0.25) is 0 Å². The lowest BCUT2D eigenvalue weighted by Crippen LogP contribution is -2.29. The van der Waals surface area contributed by atoms with Gasteiger partial charge in [0.1, 0.15) is 5.82 Å². The molecule has 0 amide bonds. The first kappa shape index (κ1) is 12.1. The van der Waals surface area contributed by atoms with E-state index in [0.29, 0.717) is 0 Å². The molecule has 0 radical (unpaired) electrons. The summed E-state index contributed by atoms with van der Waals surface area (Å²) in [5, 5.41) is 3.41. The standard InChI is InChI=1S/C13H17BrFN/c1-9(16-8-10-3-2-4-10)12-7-11(14)5-6-13(12)15/h5-7,9-10,16H,2-4,8H2,1H3. The molecule has 0 bridgehead atoms. The van der Waals surface area contributed by atoms with E-state index >= 15 is 0 Å². The minimum absolute atomic E-state index is 0.0816. The second-order valence-corrected chi connectivity index (χ2v) is 5.51. The van der Waals surface area contributed by atoms with Crippen molar-refractivity contribution in [2.75, 3.05) is 6.54 Å². The third-order valence-electron chi connectivity index (χ3n) is 3.36. The molecule has 0 saturated heterocycles. The van der Waals surface area contributed by atoms with Gasteiger partial charge >= 0.3 is 0 Å². The zero-order chi connectivity index (χ0) is 11.5. The fraction of sp³-hybridized carbons (Fsp3) is 0.538. The van der Waals surface area contributed by atoms with E-state index in [0.717, 1.165) is 22.5 Å². The number of hydrogen-bond acceptors (Lipinski definition) is 1. The van der Waals surface area contributed by atoms with E-state index in [1.807, 2.05) is 13.0 Å². The first-order valence-corrected chi connectivity index (χ1v) is 6.64. The predicted molar refractivity (Wildman–Crippen MR) is 67.9 cm³/mol. The van der Waals surface area contributed by atoms with Crippen LogP contribution in [0.5, 0.6) is 0 Å². The summed E-state index contributed by atoms with van der Waals surface area (Å²) in [5.41, 5.74) is 0.744. The summed E-state index contributed by atoms with van der Waals surface area (Å²) < 4.78 is 14.5. The Morgan fingerprint density at radius 2 is 2.25 bits per heavy atom. The van der Waals surface area contributed by atoms with Gasteiger partial charge in [-0.15, -0.1) is 0 Å². The number of hydrogen-bond donors (Lipinski definition) is 1. The van der Waals surface area contributed by atoms with Gasteiger partial charge in [0.25, 0.3) is 0 Å². The SMILES string of the molecule is CC(NCC1CCC1)c1cc(Br)ccc1F. The van der Waals surface area contributed by atoms with Crippen LogP contribution in [0.1, 0.15) is 37.8 Å². The normalized spacial score (nSPS) is 18.2. The highest BCUT2D eigenvalue weighted by molar-refractivity contribution is 9.10. The highest BCUT2D eigenvalue weighted by atomic mass is 79.9. The minimum atomic E-state index is -0.128. The van der Waals surface area contributed by atoms with Gasteiger partial charge in [-0.3, -0.25) is 0 Å². The Bertz CT molecular complexity index is 363. The molecule has 1 N–H and O–H groups in total. The summed E-state index contributed by atoms with van der Waals surface area (Å²) in [6.45, 7) is 3.02. The van der Waals surface area contributed by atoms with Crippen LogP contribution in [0.3, 0.4) is 0 Å². The molecule has 0 aromatic heterocycles. The van der Waals surface area contributed by atoms with Gasteiger partial charge in [-0.25, -0.2) is 4.39 Å². The molecule has 0 heterocycles. The van der Waals surface area contributed by atoms with E-state index in [9.17, 15) is 4.39 Å². The van der Waals surface area contributed by atoms with Crippen LogP contribution in [0.15, 0.2) is 22.7 Å². The Hall–Kier alpha value is -0.410. The Morgan fingerprint density at radius 3 is 2.88 bits per heavy atom. The number of benzene rings is 1. The molecular formula is C13H17BrFN. The van der Waals surface area contributed by atoms with E-state index in [4.69, 9.17) is 0 Å². The van der Waals surface area contributed by atoms with Crippen LogP contribution in [-0.2, 0) is 0 Å². The third-order valence-corrected chi connectivity index (χ3v) is 3.86. The van der Waals surface area contributed by atoms with Gasteiger partial charge in [-0.1, -0.05) is 22.4 Å². The summed E-state index contributed by atoms with van der Waals surface area (Å²) in [6.07, 6.45) is 3.99. The first-order chi connectivity index (χ1) is 7.66. The van der Waals surface area contributed by atoms with Gasteiger partial charge in [-0.2, -0.15) is 0 Å². The van der Waals surface area contributed by atoms with E-state index < -0.39 is 0 Å².